The van der Waals surface area contributed by atoms with Crippen molar-refractivity contribution < 1.29 is 17.4 Å². The van der Waals surface area contributed by atoms with Crippen LogP contribution < -0.4 is 9.50 Å². The van der Waals surface area contributed by atoms with Crippen LogP contribution in [0, 0.1) is 0 Å². The predicted molar refractivity (Wildman–Crippen MR) is 86.8 cm³/mol. The summed E-state index contributed by atoms with van der Waals surface area (Å²) < 4.78 is 29.8. The first-order valence-electron chi connectivity index (χ1n) is 6.67. The van der Waals surface area contributed by atoms with E-state index in [1.807, 2.05) is 0 Å². The van der Waals surface area contributed by atoms with Gasteiger partial charge in [-0.15, -0.1) is 0 Å². The molecule has 2 aromatic rings. The highest BCUT2D eigenvalue weighted by molar-refractivity contribution is 7.87. The lowest BCUT2D eigenvalue weighted by Gasteiger charge is -2.17. The van der Waals surface area contributed by atoms with Crippen LogP contribution in [-0.4, -0.2) is 20.9 Å². The van der Waals surface area contributed by atoms with Crippen molar-refractivity contribution in [2.75, 3.05) is 6.54 Å². The Labute approximate surface area is 143 Å². The third-order valence-electron chi connectivity index (χ3n) is 3.39. The summed E-state index contributed by atoms with van der Waals surface area (Å²) in [6, 6.07) is 8.51. The van der Waals surface area contributed by atoms with E-state index in [1.165, 1.54) is 30.3 Å². The molecule has 0 saturated carbocycles. The Kier molecular flexibility index (Phi) is 4.23. The Morgan fingerprint density at radius 3 is 2.57 bits per heavy atom. The predicted octanol–water partition coefficient (Wildman–Crippen LogP) is 3.05. The summed E-state index contributed by atoms with van der Waals surface area (Å²) in [5.41, 5.74) is 1.15. The number of carbonyl (C=O) groups excluding carboxylic acids is 1. The summed E-state index contributed by atoms with van der Waals surface area (Å²) in [5.74, 6) is -0.251. The monoisotopic (exact) mass is 371 g/mol. The summed E-state index contributed by atoms with van der Waals surface area (Å²) in [5, 5.41) is 3.15. The Hall–Kier alpha value is -1.76. The molecule has 0 atom stereocenters. The SMILES string of the molecule is O=C1NCCc2ccc(S(=O)(=O)Oc3ccc(Cl)c(Cl)c3)cc21. The van der Waals surface area contributed by atoms with Crippen molar-refractivity contribution in [1.82, 2.24) is 5.32 Å². The van der Waals surface area contributed by atoms with Gasteiger partial charge in [0.05, 0.1) is 10.0 Å². The zero-order valence-corrected chi connectivity index (χ0v) is 14.0. The van der Waals surface area contributed by atoms with Gasteiger partial charge in [-0.3, -0.25) is 4.79 Å². The first kappa shape index (κ1) is 16.1. The largest absolute Gasteiger partial charge is 0.379 e. The third-order valence-corrected chi connectivity index (χ3v) is 5.37. The van der Waals surface area contributed by atoms with Gasteiger partial charge in [-0.1, -0.05) is 29.3 Å². The van der Waals surface area contributed by atoms with Crippen LogP contribution in [0.1, 0.15) is 15.9 Å². The second-order valence-electron chi connectivity index (χ2n) is 4.94. The molecule has 5 nitrogen and oxygen atoms in total. The number of rotatable bonds is 3. The molecule has 1 amide bonds. The van der Waals surface area contributed by atoms with E-state index < -0.39 is 10.1 Å². The van der Waals surface area contributed by atoms with E-state index in [-0.39, 0.29) is 21.6 Å². The summed E-state index contributed by atoms with van der Waals surface area (Å²) in [4.78, 5) is 11.7. The van der Waals surface area contributed by atoms with E-state index in [4.69, 9.17) is 27.4 Å². The van der Waals surface area contributed by atoms with Gasteiger partial charge in [-0.25, -0.2) is 0 Å². The van der Waals surface area contributed by atoms with Crippen molar-refractivity contribution in [3.63, 3.8) is 0 Å². The molecule has 0 aromatic heterocycles. The lowest BCUT2D eigenvalue weighted by Crippen LogP contribution is -2.32. The number of nitrogens with one attached hydrogen (secondary N) is 1. The van der Waals surface area contributed by atoms with Crippen LogP contribution in [0.25, 0.3) is 0 Å². The summed E-state index contributed by atoms with van der Waals surface area (Å²) >= 11 is 11.6. The Morgan fingerprint density at radius 2 is 1.83 bits per heavy atom. The van der Waals surface area contributed by atoms with Crippen LogP contribution in [-0.2, 0) is 16.5 Å². The van der Waals surface area contributed by atoms with Gasteiger partial charge in [0.25, 0.3) is 5.91 Å². The van der Waals surface area contributed by atoms with Gasteiger partial charge in [0.1, 0.15) is 10.6 Å². The first-order valence-corrected chi connectivity index (χ1v) is 8.84. The lowest BCUT2D eigenvalue weighted by molar-refractivity contribution is 0.0946. The second kappa shape index (κ2) is 6.03. The molecule has 1 heterocycles. The molecule has 0 unspecified atom stereocenters. The Bertz CT molecular complexity index is 896. The third kappa shape index (κ3) is 3.29. The molecule has 2 aromatic carbocycles. The molecule has 0 spiro atoms. The number of carbonyl (C=O) groups is 1. The second-order valence-corrected chi connectivity index (χ2v) is 7.30. The molecule has 1 aliphatic rings. The molecule has 23 heavy (non-hydrogen) atoms. The number of fused-ring (bicyclic) bond motifs is 1. The molecule has 0 aliphatic carbocycles. The van der Waals surface area contributed by atoms with Crippen molar-refractivity contribution in [2.45, 2.75) is 11.3 Å². The summed E-state index contributed by atoms with van der Waals surface area (Å²) in [6.45, 7) is 0.539. The zero-order chi connectivity index (χ0) is 16.6. The minimum atomic E-state index is -4.08. The van der Waals surface area contributed by atoms with Gasteiger partial charge in [-0.2, -0.15) is 8.42 Å². The van der Waals surface area contributed by atoms with Crippen LogP contribution in [0.5, 0.6) is 5.75 Å². The molecule has 0 bridgehead atoms. The maximum absolute atomic E-state index is 12.4. The van der Waals surface area contributed by atoms with Crippen LogP contribution in [0.15, 0.2) is 41.3 Å². The van der Waals surface area contributed by atoms with Crippen molar-refractivity contribution >= 4 is 39.2 Å². The van der Waals surface area contributed by atoms with Gasteiger partial charge in [0, 0.05) is 18.2 Å². The molecule has 1 N–H and O–H groups in total. The quantitative estimate of drug-likeness (QED) is 0.841. The summed E-state index contributed by atoms with van der Waals surface area (Å²) in [6.07, 6.45) is 0.662. The van der Waals surface area contributed by atoms with Gasteiger partial charge in [0.15, 0.2) is 0 Å². The van der Waals surface area contributed by atoms with E-state index in [1.54, 1.807) is 6.07 Å². The van der Waals surface area contributed by atoms with E-state index >= 15 is 0 Å². The highest BCUT2D eigenvalue weighted by atomic mass is 35.5. The Morgan fingerprint density at radius 1 is 1.04 bits per heavy atom. The van der Waals surface area contributed by atoms with Gasteiger partial charge in [-0.05, 0) is 36.2 Å². The fourth-order valence-electron chi connectivity index (χ4n) is 2.25. The maximum atomic E-state index is 12.4. The van der Waals surface area contributed by atoms with Crippen molar-refractivity contribution in [3.8, 4) is 5.75 Å². The molecule has 8 heteroatoms. The fourth-order valence-corrected chi connectivity index (χ4v) is 3.49. The number of halogens is 2. The summed E-state index contributed by atoms with van der Waals surface area (Å²) in [7, 11) is -4.08. The minimum absolute atomic E-state index is 0.0431. The van der Waals surface area contributed by atoms with Gasteiger partial charge in [0.2, 0.25) is 0 Å². The molecule has 120 valence electrons. The zero-order valence-electron chi connectivity index (χ0n) is 11.7. The molecular weight excluding hydrogens is 361 g/mol. The van der Waals surface area contributed by atoms with E-state index in [0.29, 0.717) is 23.6 Å². The molecule has 1 aliphatic heterocycles. The van der Waals surface area contributed by atoms with Crippen LogP contribution in [0.2, 0.25) is 10.0 Å². The maximum Gasteiger partial charge on any atom is 0.339 e. The molecule has 0 fully saturated rings. The molecule has 3 rings (SSSR count). The average Bonchev–Trinajstić information content (AvgIpc) is 2.51. The van der Waals surface area contributed by atoms with Gasteiger partial charge < -0.3 is 9.50 Å². The number of hydrogen-bond acceptors (Lipinski definition) is 4. The molecule has 0 radical (unpaired) electrons. The topological polar surface area (TPSA) is 72.5 Å². The highest BCUT2D eigenvalue weighted by Gasteiger charge is 2.23. The lowest BCUT2D eigenvalue weighted by atomic mass is 10.0. The van der Waals surface area contributed by atoms with Crippen molar-refractivity contribution in [2.24, 2.45) is 0 Å². The molecular formula is C15H11Cl2NO4S. The van der Waals surface area contributed by atoms with Crippen LogP contribution >= 0.6 is 23.2 Å². The first-order chi connectivity index (χ1) is 10.9. The number of amides is 1. The Balaban J connectivity index is 1.95. The highest BCUT2D eigenvalue weighted by Crippen LogP contribution is 2.28. The minimum Gasteiger partial charge on any atom is -0.379 e. The van der Waals surface area contributed by atoms with E-state index in [9.17, 15) is 13.2 Å². The van der Waals surface area contributed by atoms with E-state index in [2.05, 4.69) is 5.32 Å². The number of hydrogen-bond donors (Lipinski definition) is 1. The van der Waals surface area contributed by atoms with Crippen LogP contribution in [0.3, 0.4) is 0 Å². The average molecular weight is 372 g/mol. The standard InChI is InChI=1S/C15H11Cl2NO4S/c16-13-4-2-10(7-14(13)17)22-23(20,21)11-3-1-9-5-6-18-15(19)12(9)8-11/h1-4,7-8H,5-6H2,(H,18,19). The van der Waals surface area contributed by atoms with Crippen LogP contribution in [0.4, 0.5) is 0 Å². The van der Waals surface area contributed by atoms with Crippen molar-refractivity contribution in [1.29, 1.82) is 0 Å². The number of benzene rings is 2. The van der Waals surface area contributed by atoms with Crippen molar-refractivity contribution in [3.05, 3.63) is 57.6 Å². The van der Waals surface area contributed by atoms with E-state index in [0.717, 1.165) is 5.56 Å². The molecule has 0 saturated heterocycles. The smallest absolute Gasteiger partial charge is 0.339 e. The van der Waals surface area contributed by atoms with Gasteiger partial charge >= 0.3 is 10.1 Å². The normalized spacial score (nSPS) is 14.1. The fraction of sp³-hybridized carbons (Fsp3) is 0.133.